The number of rotatable bonds is 7. The van der Waals surface area contributed by atoms with Crippen molar-refractivity contribution in [1.82, 2.24) is 5.43 Å². The molecule has 1 aromatic carbocycles. The summed E-state index contributed by atoms with van der Waals surface area (Å²) in [6, 6.07) is 9.19. The first-order valence-corrected chi connectivity index (χ1v) is 7.29. The Hall–Kier alpha value is -0.900. The summed E-state index contributed by atoms with van der Waals surface area (Å²) >= 11 is 0. The van der Waals surface area contributed by atoms with Crippen LogP contribution in [0.4, 0.5) is 0 Å². The molecule has 1 fully saturated rings. The molecule has 106 valence electrons. The first kappa shape index (κ1) is 14.5. The quantitative estimate of drug-likeness (QED) is 0.586. The second-order valence-corrected chi connectivity index (χ2v) is 5.81. The number of nitrogens with one attached hydrogen (secondary N) is 1. The van der Waals surface area contributed by atoms with E-state index in [1.807, 2.05) is 0 Å². The van der Waals surface area contributed by atoms with Crippen LogP contribution in [0, 0.1) is 5.92 Å². The van der Waals surface area contributed by atoms with Crippen LogP contribution in [-0.2, 0) is 4.74 Å². The highest BCUT2D eigenvalue weighted by molar-refractivity contribution is 5.28. The van der Waals surface area contributed by atoms with Crippen LogP contribution in [0.25, 0.3) is 0 Å². The molecule has 1 aliphatic rings. The zero-order valence-corrected chi connectivity index (χ0v) is 12.1. The first-order chi connectivity index (χ1) is 9.24. The van der Waals surface area contributed by atoms with E-state index in [0.717, 1.165) is 18.9 Å². The van der Waals surface area contributed by atoms with Gasteiger partial charge in [0.05, 0.1) is 0 Å². The highest BCUT2D eigenvalue weighted by Gasteiger charge is 2.20. The van der Waals surface area contributed by atoms with Crippen molar-refractivity contribution >= 4 is 0 Å². The predicted molar refractivity (Wildman–Crippen MR) is 78.8 cm³/mol. The molecular formula is C16H26N2O. The van der Waals surface area contributed by atoms with Crippen LogP contribution in [-0.4, -0.2) is 13.7 Å². The maximum atomic E-state index is 5.69. The van der Waals surface area contributed by atoms with Gasteiger partial charge >= 0.3 is 0 Å². The smallest absolute Gasteiger partial charge is 0.0488 e. The minimum Gasteiger partial charge on any atom is -0.384 e. The Morgan fingerprint density at radius 1 is 1.32 bits per heavy atom. The molecule has 3 heteroatoms. The largest absolute Gasteiger partial charge is 0.384 e. The molecule has 2 unspecified atom stereocenters. The number of hydrazine groups is 1. The fourth-order valence-corrected chi connectivity index (χ4v) is 2.80. The van der Waals surface area contributed by atoms with Crippen molar-refractivity contribution in [2.75, 3.05) is 13.7 Å². The average molecular weight is 262 g/mol. The van der Waals surface area contributed by atoms with Crippen molar-refractivity contribution in [2.24, 2.45) is 11.8 Å². The third-order valence-corrected chi connectivity index (χ3v) is 4.21. The van der Waals surface area contributed by atoms with Crippen molar-refractivity contribution in [3.05, 3.63) is 35.4 Å². The number of methoxy groups -OCH3 is 1. The van der Waals surface area contributed by atoms with Crippen LogP contribution in [0.15, 0.2) is 24.3 Å². The Labute approximate surface area is 116 Å². The lowest BCUT2D eigenvalue weighted by Gasteiger charge is -2.26. The summed E-state index contributed by atoms with van der Waals surface area (Å²) in [5, 5.41) is 0. The molecule has 1 aromatic rings. The maximum absolute atomic E-state index is 5.69. The van der Waals surface area contributed by atoms with Crippen molar-refractivity contribution in [2.45, 2.75) is 44.6 Å². The molecule has 3 N–H and O–H groups in total. The van der Waals surface area contributed by atoms with E-state index in [1.165, 1.54) is 30.4 Å². The summed E-state index contributed by atoms with van der Waals surface area (Å²) in [4.78, 5) is 0. The predicted octanol–water partition coefficient (Wildman–Crippen LogP) is 3.13. The average Bonchev–Trinajstić information content (AvgIpc) is 2.35. The molecule has 0 saturated heterocycles. The van der Waals surface area contributed by atoms with E-state index in [0.29, 0.717) is 5.92 Å². The molecule has 0 amide bonds. The second-order valence-electron chi connectivity index (χ2n) is 5.81. The first-order valence-electron chi connectivity index (χ1n) is 7.29. The molecule has 2 rings (SSSR count). The van der Waals surface area contributed by atoms with Crippen molar-refractivity contribution in [3.8, 4) is 0 Å². The Morgan fingerprint density at radius 2 is 2.00 bits per heavy atom. The highest BCUT2D eigenvalue weighted by Crippen LogP contribution is 2.36. The molecule has 1 aliphatic carbocycles. The van der Waals surface area contributed by atoms with Crippen LogP contribution >= 0.6 is 0 Å². The van der Waals surface area contributed by atoms with E-state index >= 15 is 0 Å². The van der Waals surface area contributed by atoms with Gasteiger partial charge in [0.15, 0.2) is 0 Å². The summed E-state index contributed by atoms with van der Waals surface area (Å²) in [6.07, 6.45) is 5.08. The molecule has 0 radical (unpaired) electrons. The molecule has 19 heavy (non-hydrogen) atoms. The van der Waals surface area contributed by atoms with Crippen LogP contribution in [0.3, 0.4) is 0 Å². The fourth-order valence-electron chi connectivity index (χ4n) is 2.80. The topological polar surface area (TPSA) is 47.3 Å². The van der Waals surface area contributed by atoms with Gasteiger partial charge in [0, 0.05) is 19.8 Å². The normalized spacial score (nSPS) is 18.9. The van der Waals surface area contributed by atoms with Crippen LogP contribution < -0.4 is 11.3 Å². The minimum absolute atomic E-state index is 0.209. The van der Waals surface area contributed by atoms with E-state index in [-0.39, 0.29) is 6.04 Å². The third kappa shape index (κ3) is 3.78. The van der Waals surface area contributed by atoms with Gasteiger partial charge in [-0.3, -0.25) is 11.3 Å². The standard InChI is InChI=1S/C16H26N2O/c1-12(11-19-2)10-16(18-17)15-8-6-14(7-9-15)13-4-3-5-13/h6-9,12-13,16,18H,3-5,10-11,17H2,1-2H3. The summed E-state index contributed by atoms with van der Waals surface area (Å²) in [7, 11) is 1.74. The molecular weight excluding hydrogens is 236 g/mol. The van der Waals surface area contributed by atoms with Crippen LogP contribution in [0.5, 0.6) is 0 Å². The van der Waals surface area contributed by atoms with E-state index in [4.69, 9.17) is 10.6 Å². The summed E-state index contributed by atoms with van der Waals surface area (Å²) < 4.78 is 5.19. The van der Waals surface area contributed by atoms with Gasteiger partial charge in [-0.25, -0.2) is 0 Å². The van der Waals surface area contributed by atoms with E-state index in [2.05, 4.69) is 36.6 Å². The third-order valence-electron chi connectivity index (χ3n) is 4.21. The molecule has 0 spiro atoms. The SMILES string of the molecule is COCC(C)CC(NN)c1ccc(C2CCC2)cc1. The number of hydrogen-bond donors (Lipinski definition) is 2. The molecule has 0 aromatic heterocycles. The molecule has 1 saturated carbocycles. The fraction of sp³-hybridized carbons (Fsp3) is 0.625. The number of benzene rings is 1. The Bertz CT molecular complexity index is 373. The number of hydrogen-bond acceptors (Lipinski definition) is 3. The zero-order valence-electron chi connectivity index (χ0n) is 12.1. The van der Waals surface area contributed by atoms with Crippen molar-refractivity contribution < 1.29 is 4.74 Å². The summed E-state index contributed by atoms with van der Waals surface area (Å²) in [5.41, 5.74) is 5.68. The number of ether oxygens (including phenoxy) is 1. The van der Waals surface area contributed by atoms with E-state index < -0.39 is 0 Å². The highest BCUT2D eigenvalue weighted by atomic mass is 16.5. The van der Waals surface area contributed by atoms with Gasteiger partial charge in [-0.1, -0.05) is 37.6 Å². The molecule has 3 nitrogen and oxygen atoms in total. The Morgan fingerprint density at radius 3 is 2.47 bits per heavy atom. The monoisotopic (exact) mass is 262 g/mol. The minimum atomic E-state index is 0.209. The maximum Gasteiger partial charge on any atom is 0.0488 e. The molecule has 0 aliphatic heterocycles. The van der Waals surface area contributed by atoms with E-state index in [9.17, 15) is 0 Å². The van der Waals surface area contributed by atoms with Crippen LogP contribution in [0.2, 0.25) is 0 Å². The van der Waals surface area contributed by atoms with Crippen molar-refractivity contribution in [3.63, 3.8) is 0 Å². The van der Waals surface area contributed by atoms with Crippen LogP contribution in [0.1, 0.15) is 55.7 Å². The molecule has 0 heterocycles. The van der Waals surface area contributed by atoms with Gasteiger partial charge in [-0.15, -0.1) is 0 Å². The summed E-state index contributed by atoms with van der Waals surface area (Å²) in [5.74, 6) is 6.99. The lowest BCUT2D eigenvalue weighted by molar-refractivity contribution is 0.149. The van der Waals surface area contributed by atoms with Gasteiger partial charge in [0.2, 0.25) is 0 Å². The van der Waals surface area contributed by atoms with Gasteiger partial charge in [0.1, 0.15) is 0 Å². The lowest BCUT2D eigenvalue weighted by Crippen LogP contribution is -2.30. The molecule has 0 bridgehead atoms. The lowest BCUT2D eigenvalue weighted by atomic mass is 9.79. The number of nitrogens with two attached hydrogens (primary N) is 1. The second kappa shape index (κ2) is 7.04. The Kier molecular flexibility index (Phi) is 5.37. The Balaban J connectivity index is 1.97. The van der Waals surface area contributed by atoms with Gasteiger partial charge in [0.25, 0.3) is 0 Å². The van der Waals surface area contributed by atoms with Gasteiger partial charge in [-0.05, 0) is 42.2 Å². The van der Waals surface area contributed by atoms with Gasteiger partial charge in [-0.2, -0.15) is 0 Å². The zero-order chi connectivity index (χ0) is 13.7. The summed E-state index contributed by atoms with van der Waals surface area (Å²) in [6.45, 7) is 2.97. The van der Waals surface area contributed by atoms with E-state index in [1.54, 1.807) is 7.11 Å². The van der Waals surface area contributed by atoms with Crippen molar-refractivity contribution in [1.29, 1.82) is 0 Å². The molecule has 2 atom stereocenters. The van der Waals surface area contributed by atoms with Gasteiger partial charge < -0.3 is 4.74 Å².